The number of hydrogen-bond acceptors (Lipinski definition) is 5. The molecule has 1 spiro atoms. The number of terminal acetylenes is 1. The molecule has 7 nitrogen and oxygen atoms in total. The van der Waals surface area contributed by atoms with Crippen LogP contribution in [0.15, 0.2) is 12.4 Å². The Morgan fingerprint density at radius 3 is 2.52 bits per heavy atom. The molecule has 1 atom stereocenters. The molecule has 3 heterocycles. The predicted molar refractivity (Wildman–Crippen MR) is 91.8 cm³/mol. The Morgan fingerprint density at radius 1 is 1.28 bits per heavy atom. The third-order valence-electron chi connectivity index (χ3n) is 4.56. The molecule has 2 aliphatic rings. The zero-order valence-electron chi connectivity index (χ0n) is 14.8. The molecule has 0 saturated carbocycles. The van der Waals surface area contributed by atoms with Crippen LogP contribution >= 0.6 is 0 Å². The molecule has 7 heteroatoms. The molecule has 25 heavy (non-hydrogen) atoms. The second kappa shape index (κ2) is 6.03. The maximum absolute atomic E-state index is 13.0. The molecule has 0 bridgehead atoms. The molecule has 0 aliphatic carbocycles. The first-order valence-electron chi connectivity index (χ1n) is 8.33. The first-order chi connectivity index (χ1) is 11.7. The Kier molecular flexibility index (Phi) is 4.15. The van der Waals surface area contributed by atoms with Gasteiger partial charge >= 0.3 is 6.09 Å². The summed E-state index contributed by atoms with van der Waals surface area (Å²) < 4.78 is 5.42. The van der Waals surface area contributed by atoms with Crippen molar-refractivity contribution in [2.75, 3.05) is 24.5 Å². The van der Waals surface area contributed by atoms with Gasteiger partial charge in [0.05, 0.1) is 11.0 Å². The molecule has 3 rings (SSSR count). The fourth-order valence-electron chi connectivity index (χ4n) is 3.28. The van der Waals surface area contributed by atoms with Crippen LogP contribution in [0.3, 0.4) is 0 Å². The maximum atomic E-state index is 13.0. The highest BCUT2D eigenvalue weighted by atomic mass is 16.6. The Hall–Kier alpha value is -2.62. The Labute approximate surface area is 147 Å². The minimum absolute atomic E-state index is 0.0352. The number of rotatable bonds is 1. The van der Waals surface area contributed by atoms with Crippen LogP contribution in [-0.2, 0) is 9.53 Å². The largest absolute Gasteiger partial charge is 0.444 e. The fourth-order valence-corrected chi connectivity index (χ4v) is 3.28. The van der Waals surface area contributed by atoms with Gasteiger partial charge in [0.15, 0.2) is 0 Å². The van der Waals surface area contributed by atoms with Crippen LogP contribution in [0.2, 0.25) is 0 Å². The van der Waals surface area contributed by atoms with Gasteiger partial charge in [0, 0.05) is 32.0 Å². The van der Waals surface area contributed by atoms with E-state index in [0.29, 0.717) is 44.0 Å². The summed E-state index contributed by atoms with van der Waals surface area (Å²) in [6.07, 6.45) is 9.29. The highest BCUT2D eigenvalue weighted by Gasteiger charge is 2.53. The normalized spacial score (nSPS) is 23.2. The molecule has 2 amide bonds. The second-order valence-corrected chi connectivity index (χ2v) is 7.56. The number of hydrogen-bond donors (Lipinski definition) is 0. The van der Waals surface area contributed by atoms with E-state index >= 15 is 0 Å². The van der Waals surface area contributed by atoms with E-state index in [1.807, 2.05) is 20.8 Å². The van der Waals surface area contributed by atoms with Crippen LogP contribution in [0.25, 0.3) is 0 Å². The number of amides is 2. The van der Waals surface area contributed by atoms with Gasteiger partial charge < -0.3 is 9.64 Å². The van der Waals surface area contributed by atoms with Crippen molar-refractivity contribution < 1.29 is 14.3 Å². The van der Waals surface area contributed by atoms with Gasteiger partial charge in [-0.25, -0.2) is 14.8 Å². The van der Waals surface area contributed by atoms with Crippen molar-refractivity contribution in [2.24, 2.45) is 5.41 Å². The number of carbonyl (C=O) groups is 2. The van der Waals surface area contributed by atoms with E-state index in [1.54, 1.807) is 9.80 Å². The van der Waals surface area contributed by atoms with Crippen molar-refractivity contribution in [2.45, 2.75) is 39.2 Å². The van der Waals surface area contributed by atoms with Crippen LogP contribution in [0.4, 0.5) is 10.7 Å². The molecule has 1 aromatic rings. The summed E-state index contributed by atoms with van der Waals surface area (Å²) in [5.41, 5.74) is -0.543. The lowest BCUT2D eigenvalue weighted by Gasteiger charge is -2.26. The molecular weight excluding hydrogens is 320 g/mol. The summed E-state index contributed by atoms with van der Waals surface area (Å²) in [5, 5.41) is 0. The van der Waals surface area contributed by atoms with E-state index < -0.39 is 11.0 Å². The van der Waals surface area contributed by atoms with E-state index in [2.05, 4.69) is 15.9 Å². The molecule has 0 radical (unpaired) electrons. The minimum atomic E-state index is -0.564. The van der Waals surface area contributed by atoms with Crippen molar-refractivity contribution in [3.05, 3.63) is 18.0 Å². The van der Waals surface area contributed by atoms with E-state index in [-0.39, 0.29) is 12.0 Å². The van der Waals surface area contributed by atoms with E-state index in [9.17, 15) is 9.59 Å². The van der Waals surface area contributed by atoms with Gasteiger partial charge in [-0.2, -0.15) is 0 Å². The fraction of sp³-hybridized carbons (Fsp3) is 0.556. The molecule has 2 aliphatic heterocycles. The lowest BCUT2D eigenvalue weighted by molar-refractivity contribution is -0.125. The van der Waals surface area contributed by atoms with Gasteiger partial charge in [-0.1, -0.05) is 5.92 Å². The minimum Gasteiger partial charge on any atom is -0.444 e. The molecule has 0 N–H and O–H groups in total. The number of likely N-dealkylation sites (tertiary alicyclic amines) is 1. The Balaban J connectivity index is 1.71. The van der Waals surface area contributed by atoms with Gasteiger partial charge in [0.2, 0.25) is 11.9 Å². The van der Waals surface area contributed by atoms with Crippen LogP contribution in [0, 0.1) is 17.8 Å². The molecule has 2 fully saturated rings. The number of carbonyl (C=O) groups excluding carboxylic acids is 2. The molecule has 1 unspecified atom stereocenters. The SMILES string of the molecule is C#Cc1cnc(N2CCC3(CCN(C(=O)OC(C)(C)C)C3)C2=O)nc1. The second-order valence-electron chi connectivity index (χ2n) is 7.56. The summed E-state index contributed by atoms with van der Waals surface area (Å²) in [5.74, 6) is 2.78. The summed E-state index contributed by atoms with van der Waals surface area (Å²) in [6, 6.07) is 0. The van der Waals surface area contributed by atoms with Crippen molar-refractivity contribution in [3.8, 4) is 12.3 Å². The van der Waals surface area contributed by atoms with Crippen molar-refractivity contribution >= 4 is 17.9 Å². The average Bonchev–Trinajstić information content (AvgIpc) is 3.12. The molecule has 0 aromatic carbocycles. The van der Waals surface area contributed by atoms with Gasteiger partial charge in [-0.15, -0.1) is 6.42 Å². The van der Waals surface area contributed by atoms with E-state index in [0.717, 1.165) is 0 Å². The smallest absolute Gasteiger partial charge is 0.410 e. The maximum Gasteiger partial charge on any atom is 0.410 e. The zero-order chi connectivity index (χ0) is 18.2. The molecule has 132 valence electrons. The summed E-state index contributed by atoms with van der Waals surface area (Å²) in [7, 11) is 0. The molecule has 2 saturated heterocycles. The molecular formula is C18H22N4O3. The Bertz CT molecular complexity index is 732. The van der Waals surface area contributed by atoms with Crippen molar-refractivity contribution in [3.63, 3.8) is 0 Å². The topological polar surface area (TPSA) is 75.6 Å². The van der Waals surface area contributed by atoms with Gasteiger partial charge in [-0.05, 0) is 33.6 Å². The third kappa shape index (κ3) is 3.29. The van der Waals surface area contributed by atoms with Crippen LogP contribution < -0.4 is 4.90 Å². The highest BCUT2D eigenvalue weighted by molar-refractivity contribution is 5.99. The van der Waals surface area contributed by atoms with E-state index in [4.69, 9.17) is 11.2 Å². The first kappa shape index (κ1) is 17.2. The highest BCUT2D eigenvalue weighted by Crippen LogP contribution is 2.41. The van der Waals surface area contributed by atoms with E-state index in [1.165, 1.54) is 12.4 Å². The summed E-state index contributed by atoms with van der Waals surface area (Å²) >= 11 is 0. The predicted octanol–water partition coefficient (Wildman–Crippen LogP) is 1.82. The summed E-state index contributed by atoms with van der Waals surface area (Å²) in [4.78, 5) is 36.8. The third-order valence-corrected chi connectivity index (χ3v) is 4.56. The number of aromatic nitrogens is 2. The van der Waals surface area contributed by atoms with Gasteiger partial charge in [0.25, 0.3) is 0 Å². The van der Waals surface area contributed by atoms with Crippen molar-refractivity contribution in [1.82, 2.24) is 14.9 Å². The first-order valence-corrected chi connectivity index (χ1v) is 8.33. The van der Waals surface area contributed by atoms with Crippen LogP contribution in [0.1, 0.15) is 39.2 Å². The zero-order valence-corrected chi connectivity index (χ0v) is 14.8. The lowest BCUT2D eigenvalue weighted by Crippen LogP contribution is -2.40. The van der Waals surface area contributed by atoms with Crippen LogP contribution in [0.5, 0.6) is 0 Å². The van der Waals surface area contributed by atoms with Crippen LogP contribution in [-0.4, -0.2) is 52.1 Å². The number of nitrogens with zero attached hydrogens (tertiary/aromatic N) is 4. The Morgan fingerprint density at radius 2 is 1.92 bits per heavy atom. The van der Waals surface area contributed by atoms with Gasteiger partial charge in [-0.3, -0.25) is 9.69 Å². The average molecular weight is 342 g/mol. The monoisotopic (exact) mass is 342 g/mol. The number of ether oxygens (including phenoxy) is 1. The quantitative estimate of drug-likeness (QED) is 0.728. The lowest BCUT2D eigenvalue weighted by atomic mass is 9.86. The van der Waals surface area contributed by atoms with Gasteiger partial charge in [0.1, 0.15) is 5.60 Å². The molecule has 1 aromatic heterocycles. The van der Waals surface area contributed by atoms with Crippen molar-refractivity contribution in [1.29, 1.82) is 0 Å². The standard InChI is InChI=1S/C18H22N4O3/c1-5-13-10-19-15(20-11-13)22-9-7-18(14(22)23)6-8-21(12-18)16(24)25-17(2,3)4/h1,10-11H,6-9,12H2,2-4H3. The summed E-state index contributed by atoms with van der Waals surface area (Å²) in [6.45, 7) is 6.92. The number of anilines is 1.